The van der Waals surface area contributed by atoms with Crippen LogP contribution in [0.3, 0.4) is 0 Å². The predicted octanol–water partition coefficient (Wildman–Crippen LogP) is 16.1. The summed E-state index contributed by atoms with van der Waals surface area (Å²) in [7, 11) is 0. The van der Waals surface area contributed by atoms with Gasteiger partial charge in [-0.15, -0.1) is 35.1 Å². The molecule has 0 radical (unpaired) electrons. The van der Waals surface area contributed by atoms with E-state index in [1.807, 2.05) is 161 Å². The Labute approximate surface area is 858 Å². The number of likely N-dealkylation sites (tertiary alicyclic amines) is 2. The van der Waals surface area contributed by atoms with E-state index < -0.39 is 65.1 Å². The number of rotatable bonds is 40. The van der Waals surface area contributed by atoms with Crippen LogP contribution in [0.5, 0.6) is 0 Å². The van der Waals surface area contributed by atoms with Crippen molar-refractivity contribution in [3.05, 3.63) is 187 Å². The van der Waals surface area contributed by atoms with Gasteiger partial charge in [-0.25, -0.2) is 29.9 Å². The molecule has 142 heavy (non-hydrogen) atoms. The first kappa shape index (κ1) is 112. The third kappa shape index (κ3) is 30.3. The Morgan fingerprint density at radius 3 is 1.16 bits per heavy atom. The molecule has 6 amide bonds. The van der Waals surface area contributed by atoms with Gasteiger partial charge in [0.2, 0.25) is 35.4 Å². The summed E-state index contributed by atoms with van der Waals surface area (Å²) in [6.07, 6.45) is 11.0. The number of carbonyl (C=O) groups is 10. The van der Waals surface area contributed by atoms with Gasteiger partial charge in [-0.3, -0.25) is 47.9 Å². The smallest absolute Gasteiger partial charge is 0.303 e. The summed E-state index contributed by atoms with van der Waals surface area (Å²) < 4.78 is 0. The maximum absolute atomic E-state index is 14.1. The summed E-state index contributed by atoms with van der Waals surface area (Å²) in [6.45, 7) is 25.8. The fraction of sp³-hybridized carbons (Fsp3) is 0.551. The van der Waals surface area contributed by atoms with Crippen LogP contribution in [0, 0.1) is 36.5 Å². The van der Waals surface area contributed by atoms with Crippen molar-refractivity contribution in [3.8, 4) is 20.9 Å². The number of benzene rings is 4. The van der Waals surface area contributed by atoms with E-state index in [-0.39, 0.29) is 141 Å². The number of thiazole rings is 2. The molecule has 14 rings (SSSR count). The molecular weight excluding hydrogens is 1910 g/mol. The maximum Gasteiger partial charge on any atom is 0.303 e. The lowest BCUT2D eigenvalue weighted by molar-refractivity contribution is -0.146. The zero-order chi connectivity index (χ0) is 102. The van der Waals surface area contributed by atoms with Gasteiger partial charge in [-0.2, -0.15) is 0 Å². The fourth-order valence-corrected chi connectivity index (χ4v) is 22.0. The van der Waals surface area contributed by atoms with Crippen molar-refractivity contribution in [1.82, 2.24) is 60.1 Å². The zero-order valence-corrected chi connectivity index (χ0v) is 87.4. The van der Waals surface area contributed by atoms with Crippen molar-refractivity contribution in [3.63, 3.8) is 0 Å². The number of Topliss-reactive ketones (excluding diaryl/α,β-unsaturated/α-hetero) is 3. The number of hydrogen-bond donors (Lipinski definition) is 8. The molecule has 4 aromatic carbocycles. The SMILES string of the molecule is C[C@@H]1C[C@@H](O)c2ncnc(N3CCN(C(=O)[C@H](CCCCC(=O)O)c4ccc(Cl)cc4)CC3)c21.Cc1ncsc1-c1ccc(CNC(=O)[C@@H]2C[C@@H](O)CN2C(=O)[C@@H](CC(=O)CCCCCC(=O)CCCC[C@@H](C(=O)N2CCN(c3ncnc4c3[C@H](C)C[C@H]4O)CC2)c2ccc(Cl)cc2)C(C)(C)C)cc1.Cc1ncsc1-c1ccc(CNC(=O)[C@@H]2C[C@@H](O)CN2C(=O)[C@@H](CC(=O)CCCCN)C(C)(C)C)cc1.Cl. The molecule has 12 atom stereocenters. The number of anilines is 2. The van der Waals surface area contributed by atoms with Gasteiger partial charge >= 0.3 is 5.97 Å². The molecule has 768 valence electrons. The Balaban J connectivity index is 0.000000224. The first-order valence-corrected chi connectivity index (χ1v) is 52.5. The minimum Gasteiger partial charge on any atom is -0.481 e. The zero-order valence-electron chi connectivity index (χ0n) is 83.5. The molecule has 0 bridgehead atoms. The molecule has 8 heterocycles. The van der Waals surface area contributed by atoms with E-state index in [0.717, 1.165) is 89.4 Å². The Kier molecular flexibility index (Phi) is 41.6. The Morgan fingerprint density at radius 2 is 0.810 bits per heavy atom. The number of ketones is 3. The number of nitrogens with zero attached hydrogens (tertiary/aromatic N) is 12. The lowest BCUT2D eigenvalue weighted by Crippen LogP contribution is -2.50. The van der Waals surface area contributed by atoms with E-state index in [1.165, 1.54) is 22.5 Å². The molecule has 4 fully saturated rings. The lowest BCUT2D eigenvalue weighted by Gasteiger charge is -2.38. The second kappa shape index (κ2) is 52.6. The number of aliphatic hydroxyl groups is 4. The van der Waals surface area contributed by atoms with Gasteiger partial charge in [0.25, 0.3) is 0 Å². The molecule has 8 aromatic rings. The van der Waals surface area contributed by atoms with Gasteiger partial charge in [0, 0.05) is 169 Å². The summed E-state index contributed by atoms with van der Waals surface area (Å²) >= 11 is 15.4. The number of carbonyl (C=O) groups excluding carboxylic acids is 9. The second-order valence-electron chi connectivity index (χ2n) is 40.8. The number of amides is 6. The normalized spacial score (nSPS) is 19.7. The van der Waals surface area contributed by atoms with Crippen LogP contribution in [0.2, 0.25) is 10.0 Å². The van der Waals surface area contributed by atoms with Gasteiger partial charge in [0.1, 0.15) is 53.7 Å². The molecular formula is C107H142Cl3N15O15S2. The number of unbranched alkanes of at least 4 members (excludes halogenated alkanes) is 5. The van der Waals surface area contributed by atoms with E-state index in [9.17, 15) is 68.4 Å². The number of piperazine rings is 2. The number of β-amino-alcohol motifs (C(OH)–C–C–N with tert-alkyl or cyclic N) is 2. The number of hydrogen-bond acceptors (Lipinski definition) is 25. The summed E-state index contributed by atoms with van der Waals surface area (Å²) in [5, 5.41) is 57.8. The van der Waals surface area contributed by atoms with Gasteiger partial charge in [-0.1, -0.05) is 171 Å². The van der Waals surface area contributed by atoms with Gasteiger partial charge < -0.3 is 71.3 Å². The first-order valence-electron chi connectivity index (χ1n) is 50.0. The number of carboxylic acids is 1. The number of aryl methyl sites for hydroxylation is 2. The number of nitrogens with one attached hydrogen (secondary N) is 2. The molecule has 4 aromatic heterocycles. The van der Waals surface area contributed by atoms with Crippen molar-refractivity contribution in [2.24, 2.45) is 28.4 Å². The van der Waals surface area contributed by atoms with E-state index in [4.69, 9.17) is 34.0 Å². The number of carboxylic acid groups (broad SMARTS) is 1. The second-order valence-corrected chi connectivity index (χ2v) is 43.4. The fourth-order valence-electron chi connectivity index (χ4n) is 20.1. The molecule has 0 unspecified atom stereocenters. The van der Waals surface area contributed by atoms with Crippen molar-refractivity contribution < 1.29 is 73.5 Å². The molecule has 0 spiro atoms. The van der Waals surface area contributed by atoms with Gasteiger partial charge in [0.05, 0.1) is 79.8 Å². The van der Waals surface area contributed by atoms with Crippen LogP contribution >= 0.6 is 58.3 Å². The van der Waals surface area contributed by atoms with Crippen LogP contribution in [0.1, 0.15) is 289 Å². The summed E-state index contributed by atoms with van der Waals surface area (Å²) in [5.41, 5.74) is 19.4. The number of nitrogens with two attached hydrogens (primary N) is 1. The quantitative estimate of drug-likeness (QED) is 0.0165. The molecule has 0 saturated carbocycles. The number of fused-ring (bicyclic) bond motifs is 2. The summed E-state index contributed by atoms with van der Waals surface area (Å²) in [4.78, 5) is 172. The van der Waals surface area contributed by atoms with Crippen molar-refractivity contribution >= 4 is 129 Å². The average molecular weight is 2050 g/mol. The van der Waals surface area contributed by atoms with Crippen molar-refractivity contribution in [2.45, 2.75) is 284 Å². The summed E-state index contributed by atoms with van der Waals surface area (Å²) in [6, 6.07) is 29.1. The highest BCUT2D eigenvalue weighted by Crippen LogP contribution is 2.46. The van der Waals surface area contributed by atoms with Gasteiger partial charge in [-0.05, 0) is 165 Å². The molecule has 4 aliphatic heterocycles. The molecule has 2 aliphatic carbocycles. The third-order valence-electron chi connectivity index (χ3n) is 28.3. The maximum atomic E-state index is 14.1. The standard InChI is InChI=1S/C54H70ClN7O7S.C28H40N4O4S.C25H31ClN4O4.ClH/c1-34-27-46(66)48-47(34)50(58-32-57-48)60-23-25-61(26-24-60)52(68)43(37-19-21-39(55)22-20-37)14-10-9-12-40(63)11-7-6-8-13-41(64)28-44(54(3,4)5)53(69)62-31-42(65)29-45(62)51(67)56-30-36-15-17-38(18-16-36)49-35(2)59-33-70-49;1-18-25(37-17-31-18)20-10-8-19(9-11-20)15-30-26(35)24-14-22(34)16-32(24)27(36)23(28(2,3)4)13-21(33)7-5-6-12-29;1-16-14-20(31)23-22(16)24(28-15-27-23)29-10-12-30(13-11-29)25(34)19(4-2-3-5-21(32)33)17-6-8-18(26)9-7-17;/h15-22,32-34,42-46,65-66H,6-14,23-31H2,1-5H3,(H,56,67);8-11,17,22-24,34H,5-7,12-16,29H2,1-4H3,(H,30,35);6-9,15-16,19-20,31H,2-5,10-14H2,1H3,(H,32,33);1H/t34-,42-,43-,44-,45+,46-;22-,23-,24+;16-,19-,20-;/m111./s1. The van der Waals surface area contributed by atoms with Crippen LogP contribution in [0.25, 0.3) is 20.9 Å². The van der Waals surface area contributed by atoms with Gasteiger partial charge in [0.15, 0.2) is 0 Å². The third-order valence-corrected chi connectivity index (χ3v) is 30.7. The molecule has 35 heteroatoms. The van der Waals surface area contributed by atoms with Crippen LogP contribution in [-0.2, 0) is 61.0 Å². The highest BCUT2D eigenvalue weighted by Gasteiger charge is 2.48. The Bertz CT molecular complexity index is 5570. The highest BCUT2D eigenvalue weighted by atomic mass is 35.5. The minimum atomic E-state index is -0.839. The van der Waals surface area contributed by atoms with Crippen LogP contribution in [0.4, 0.5) is 11.6 Å². The molecule has 6 aliphatic rings. The average Bonchev–Trinajstić information content (AvgIpc) is 1.62. The minimum absolute atomic E-state index is 0. The molecule has 4 saturated heterocycles. The topological polar surface area (TPSA) is 419 Å². The van der Waals surface area contributed by atoms with E-state index in [2.05, 4.69) is 64.2 Å². The lowest BCUT2D eigenvalue weighted by atomic mass is 9.76. The largest absolute Gasteiger partial charge is 0.481 e. The monoisotopic (exact) mass is 2050 g/mol. The molecule has 9 N–H and O–H groups in total. The highest BCUT2D eigenvalue weighted by molar-refractivity contribution is 7.13. The summed E-state index contributed by atoms with van der Waals surface area (Å²) in [5.74, 6) is -1.55. The predicted molar refractivity (Wildman–Crippen MR) is 554 cm³/mol. The number of halogens is 3. The first-order chi connectivity index (χ1) is 67.3. The van der Waals surface area contributed by atoms with Crippen LogP contribution in [-0.4, -0.2) is 230 Å². The number of aromatic nitrogens is 6. The van der Waals surface area contributed by atoms with Crippen molar-refractivity contribution in [2.75, 3.05) is 81.8 Å². The van der Waals surface area contributed by atoms with Crippen LogP contribution in [0.15, 0.2) is 121 Å². The van der Waals surface area contributed by atoms with Crippen LogP contribution < -0.4 is 26.2 Å². The molecule has 30 nitrogen and oxygen atoms in total. The number of aliphatic carboxylic acids is 1. The van der Waals surface area contributed by atoms with E-state index in [0.29, 0.717) is 184 Å². The van der Waals surface area contributed by atoms with E-state index in [1.54, 1.807) is 34.8 Å². The number of aliphatic hydroxyl groups excluding tert-OH is 4. The van der Waals surface area contributed by atoms with Crippen molar-refractivity contribution in [1.29, 1.82) is 0 Å². The Hall–Kier alpha value is -10.1. The Morgan fingerprint density at radius 1 is 0.451 bits per heavy atom. The van der Waals surface area contributed by atoms with E-state index >= 15 is 0 Å².